The van der Waals surface area contributed by atoms with Crippen LogP contribution < -0.4 is 0 Å². The summed E-state index contributed by atoms with van der Waals surface area (Å²) >= 11 is 1.83. The summed E-state index contributed by atoms with van der Waals surface area (Å²) in [4.78, 5) is 15.4. The molecule has 0 unspecified atom stereocenters. The van der Waals surface area contributed by atoms with Crippen LogP contribution in [0, 0.1) is 0 Å². The number of ether oxygens (including phenoxy) is 1. The average molecular weight is 239 g/mol. The van der Waals surface area contributed by atoms with E-state index in [4.69, 9.17) is 0 Å². The van der Waals surface area contributed by atoms with Gasteiger partial charge in [-0.25, -0.2) is 4.79 Å². The summed E-state index contributed by atoms with van der Waals surface area (Å²) in [6.07, 6.45) is 1.56. The molecule has 0 aliphatic heterocycles. The zero-order valence-corrected chi connectivity index (χ0v) is 10.9. The second-order valence-electron chi connectivity index (χ2n) is 4.43. The predicted molar refractivity (Wildman–Crippen MR) is 66.6 cm³/mol. The van der Waals surface area contributed by atoms with Crippen LogP contribution in [0.5, 0.6) is 0 Å². The molecular formula is C12H17NO2S. The maximum atomic E-state index is 11.2. The lowest BCUT2D eigenvalue weighted by molar-refractivity contribution is 0.0600. The van der Waals surface area contributed by atoms with Crippen molar-refractivity contribution in [1.29, 1.82) is 0 Å². The maximum absolute atomic E-state index is 11.2. The number of hydrogen-bond donors (Lipinski definition) is 0. The van der Waals surface area contributed by atoms with Crippen molar-refractivity contribution in [1.82, 2.24) is 4.98 Å². The molecule has 0 saturated heterocycles. The van der Waals surface area contributed by atoms with Crippen molar-refractivity contribution < 1.29 is 9.53 Å². The first-order chi connectivity index (χ1) is 7.42. The lowest BCUT2D eigenvalue weighted by atomic mass is 10.2. The van der Waals surface area contributed by atoms with Gasteiger partial charge in [-0.15, -0.1) is 11.8 Å². The molecule has 0 aliphatic carbocycles. The number of nitrogens with zero attached hydrogens (tertiary/aromatic N) is 1. The van der Waals surface area contributed by atoms with Crippen molar-refractivity contribution in [3.8, 4) is 0 Å². The molecule has 0 atom stereocenters. The Morgan fingerprint density at radius 1 is 1.44 bits per heavy atom. The van der Waals surface area contributed by atoms with Gasteiger partial charge in [-0.05, 0) is 12.1 Å². The molecule has 1 rings (SSSR count). The van der Waals surface area contributed by atoms with E-state index in [1.54, 1.807) is 12.3 Å². The van der Waals surface area contributed by atoms with Gasteiger partial charge in [0.05, 0.1) is 18.4 Å². The minimum atomic E-state index is -0.345. The monoisotopic (exact) mass is 239 g/mol. The quantitative estimate of drug-likeness (QED) is 0.760. The molecule has 0 N–H and O–H groups in total. The normalized spacial score (nSPS) is 11.2. The molecule has 0 radical (unpaired) electrons. The van der Waals surface area contributed by atoms with E-state index in [1.807, 2.05) is 17.8 Å². The Bertz CT molecular complexity index is 354. The first kappa shape index (κ1) is 13.0. The highest BCUT2D eigenvalue weighted by molar-refractivity contribution is 7.99. The molecule has 0 amide bonds. The SMILES string of the molecule is COC(=O)c1ccc(CSC(C)(C)C)nc1. The topological polar surface area (TPSA) is 39.2 Å². The molecule has 0 bridgehead atoms. The van der Waals surface area contributed by atoms with E-state index in [0.29, 0.717) is 5.56 Å². The number of hydrogen-bond acceptors (Lipinski definition) is 4. The number of rotatable bonds is 3. The minimum Gasteiger partial charge on any atom is -0.465 e. The van der Waals surface area contributed by atoms with Gasteiger partial charge in [-0.1, -0.05) is 20.8 Å². The Kier molecular flexibility index (Phi) is 4.35. The van der Waals surface area contributed by atoms with Gasteiger partial charge in [-0.3, -0.25) is 4.98 Å². The van der Waals surface area contributed by atoms with Gasteiger partial charge in [0.2, 0.25) is 0 Å². The summed E-state index contributed by atoms with van der Waals surface area (Å²) in [5.74, 6) is 0.507. The van der Waals surface area contributed by atoms with Gasteiger partial charge in [0, 0.05) is 16.7 Å². The highest BCUT2D eigenvalue weighted by Crippen LogP contribution is 2.26. The average Bonchev–Trinajstić information content (AvgIpc) is 2.25. The van der Waals surface area contributed by atoms with Crippen LogP contribution in [0.2, 0.25) is 0 Å². The summed E-state index contributed by atoms with van der Waals surface area (Å²) in [6.45, 7) is 6.50. The Morgan fingerprint density at radius 2 is 2.12 bits per heavy atom. The molecule has 0 aliphatic rings. The molecule has 0 aromatic carbocycles. The third kappa shape index (κ3) is 4.23. The van der Waals surface area contributed by atoms with E-state index in [2.05, 4.69) is 30.5 Å². The zero-order valence-electron chi connectivity index (χ0n) is 10.1. The van der Waals surface area contributed by atoms with E-state index in [-0.39, 0.29) is 10.7 Å². The number of pyridine rings is 1. The van der Waals surface area contributed by atoms with Crippen LogP contribution in [0.15, 0.2) is 18.3 Å². The Morgan fingerprint density at radius 3 is 2.56 bits per heavy atom. The predicted octanol–water partition coefficient (Wildman–Crippen LogP) is 2.90. The minimum absolute atomic E-state index is 0.225. The molecule has 0 spiro atoms. The van der Waals surface area contributed by atoms with Gasteiger partial charge < -0.3 is 4.74 Å². The van der Waals surface area contributed by atoms with E-state index < -0.39 is 0 Å². The number of carbonyl (C=O) groups is 1. The van der Waals surface area contributed by atoms with Crippen LogP contribution in [-0.2, 0) is 10.5 Å². The third-order valence-electron chi connectivity index (χ3n) is 1.90. The number of aromatic nitrogens is 1. The number of esters is 1. The summed E-state index contributed by atoms with van der Waals surface area (Å²) in [5, 5.41) is 0. The molecule has 4 heteroatoms. The van der Waals surface area contributed by atoms with Gasteiger partial charge >= 0.3 is 5.97 Å². The highest BCUT2D eigenvalue weighted by Gasteiger charge is 2.11. The highest BCUT2D eigenvalue weighted by atomic mass is 32.2. The molecule has 88 valence electrons. The lowest BCUT2D eigenvalue weighted by Gasteiger charge is -2.16. The number of thioether (sulfide) groups is 1. The summed E-state index contributed by atoms with van der Waals surface area (Å²) in [7, 11) is 1.37. The number of methoxy groups -OCH3 is 1. The molecule has 1 aromatic heterocycles. The molecule has 0 fully saturated rings. The fraction of sp³-hybridized carbons (Fsp3) is 0.500. The van der Waals surface area contributed by atoms with Crippen LogP contribution in [0.3, 0.4) is 0 Å². The smallest absolute Gasteiger partial charge is 0.339 e. The largest absolute Gasteiger partial charge is 0.465 e. The standard InChI is InChI=1S/C12H17NO2S/c1-12(2,3)16-8-10-6-5-9(7-13-10)11(14)15-4/h5-7H,8H2,1-4H3. The van der Waals surface area contributed by atoms with E-state index in [1.165, 1.54) is 7.11 Å². The molecule has 0 saturated carbocycles. The van der Waals surface area contributed by atoms with E-state index in [0.717, 1.165) is 11.4 Å². The maximum Gasteiger partial charge on any atom is 0.339 e. The van der Waals surface area contributed by atoms with Crippen molar-refractivity contribution in [3.63, 3.8) is 0 Å². The van der Waals surface area contributed by atoms with Crippen LogP contribution in [0.25, 0.3) is 0 Å². The summed E-state index contributed by atoms with van der Waals surface area (Å²) in [6, 6.07) is 3.61. The first-order valence-corrected chi connectivity index (χ1v) is 6.08. The van der Waals surface area contributed by atoms with E-state index in [9.17, 15) is 4.79 Å². The molecular weight excluding hydrogens is 222 g/mol. The van der Waals surface area contributed by atoms with Crippen LogP contribution >= 0.6 is 11.8 Å². The van der Waals surface area contributed by atoms with Gasteiger partial charge in [0.25, 0.3) is 0 Å². The van der Waals surface area contributed by atoms with Crippen LogP contribution in [-0.4, -0.2) is 22.8 Å². The van der Waals surface area contributed by atoms with Crippen LogP contribution in [0.4, 0.5) is 0 Å². The summed E-state index contributed by atoms with van der Waals surface area (Å²) in [5.41, 5.74) is 1.47. The van der Waals surface area contributed by atoms with Crippen molar-refractivity contribution in [2.24, 2.45) is 0 Å². The fourth-order valence-corrected chi connectivity index (χ4v) is 1.79. The molecule has 1 heterocycles. The second-order valence-corrected chi connectivity index (χ2v) is 6.23. The van der Waals surface area contributed by atoms with Crippen molar-refractivity contribution in [3.05, 3.63) is 29.6 Å². The van der Waals surface area contributed by atoms with Gasteiger partial charge in [0.1, 0.15) is 0 Å². The van der Waals surface area contributed by atoms with Crippen LogP contribution in [0.1, 0.15) is 36.8 Å². The van der Waals surface area contributed by atoms with Crippen molar-refractivity contribution in [2.75, 3.05) is 7.11 Å². The molecule has 16 heavy (non-hydrogen) atoms. The lowest BCUT2D eigenvalue weighted by Crippen LogP contribution is -2.08. The Hall–Kier alpha value is -1.03. The van der Waals surface area contributed by atoms with Gasteiger partial charge in [0.15, 0.2) is 0 Å². The summed E-state index contributed by atoms with van der Waals surface area (Å²) < 4.78 is 4.83. The fourth-order valence-electron chi connectivity index (χ4n) is 1.04. The molecule has 1 aromatic rings. The first-order valence-electron chi connectivity index (χ1n) is 5.09. The van der Waals surface area contributed by atoms with Crippen molar-refractivity contribution >= 4 is 17.7 Å². The second kappa shape index (κ2) is 5.34. The Labute approximate surface area is 101 Å². The molecule has 3 nitrogen and oxygen atoms in total. The number of carbonyl (C=O) groups excluding carboxylic acids is 1. The van der Waals surface area contributed by atoms with E-state index >= 15 is 0 Å². The van der Waals surface area contributed by atoms with Crippen molar-refractivity contribution in [2.45, 2.75) is 31.3 Å². The van der Waals surface area contributed by atoms with Gasteiger partial charge in [-0.2, -0.15) is 0 Å². The third-order valence-corrected chi connectivity index (χ3v) is 3.21. The zero-order chi connectivity index (χ0) is 12.2. The Balaban J connectivity index is 2.62.